The zero-order chi connectivity index (χ0) is 20.8. The maximum absolute atomic E-state index is 12.6. The number of esters is 1. The Morgan fingerprint density at radius 3 is 2.04 bits per heavy atom. The monoisotopic (exact) mass is 378 g/mol. The molecule has 0 spiro atoms. The molecule has 0 bridgehead atoms. The van der Waals surface area contributed by atoms with E-state index in [4.69, 9.17) is 9.47 Å². The van der Waals surface area contributed by atoms with Crippen LogP contribution in [0.15, 0.2) is 24.3 Å². The van der Waals surface area contributed by atoms with Crippen LogP contribution < -0.4 is 10.6 Å². The predicted octanol–water partition coefficient (Wildman–Crippen LogP) is 2.82. The van der Waals surface area contributed by atoms with Crippen LogP contribution >= 0.6 is 0 Å². The van der Waals surface area contributed by atoms with Crippen LogP contribution in [0.25, 0.3) is 0 Å². The first kappa shape index (κ1) is 22.5. The van der Waals surface area contributed by atoms with Gasteiger partial charge in [-0.1, -0.05) is 19.1 Å². The van der Waals surface area contributed by atoms with E-state index < -0.39 is 35.2 Å². The molecule has 1 rings (SSSR count). The average molecular weight is 378 g/mol. The van der Waals surface area contributed by atoms with Crippen LogP contribution in [0.4, 0.5) is 4.79 Å². The molecule has 27 heavy (non-hydrogen) atoms. The number of nitrogens with one attached hydrogen (secondary N) is 2. The summed E-state index contributed by atoms with van der Waals surface area (Å²) in [6.07, 6.45) is 0.169. The Kier molecular flexibility index (Phi) is 7.39. The van der Waals surface area contributed by atoms with Crippen LogP contribution in [0.3, 0.4) is 0 Å². The molecule has 1 aromatic rings. The van der Waals surface area contributed by atoms with Crippen LogP contribution in [0.5, 0.6) is 0 Å². The molecular formula is C20H30N2O5. The van der Waals surface area contributed by atoms with Gasteiger partial charge in [-0.3, -0.25) is 4.79 Å². The van der Waals surface area contributed by atoms with Gasteiger partial charge in [-0.15, -0.1) is 0 Å². The van der Waals surface area contributed by atoms with Crippen molar-refractivity contribution < 1.29 is 23.9 Å². The number of amides is 2. The third kappa shape index (κ3) is 6.92. The van der Waals surface area contributed by atoms with E-state index in [-0.39, 0.29) is 0 Å². The standard InChI is InChI=1S/C20H30N2O5/c1-8-13-9-11-14(12-10-13)16(23)21-15(17(24)26-7)20(5,6)22-18(25)27-19(2,3)4/h9-12,15H,8H2,1-7H3,(H,21,23)(H,22,25)/t15-/m1/s1. The number of aryl methyl sites for hydroxylation is 1. The van der Waals surface area contributed by atoms with Gasteiger partial charge in [0.15, 0.2) is 0 Å². The molecule has 0 radical (unpaired) electrons. The molecule has 0 fully saturated rings. The zero-order valence-corrected chi connectivity index (χ0v) is 17.1. The van der Waals surface area contributed by atoms with Crippen molar-refractivity contribution in [2.75, 3.05) is 7.11 Å². The van der Waals surface area contributed by atoms with Gasteiger partial charge < -0.3 is 20.1 Å². The number of rotatable bonds is 6. The Morgan fingerprint density at radius 1 is 1.04 bits per heavy atom. The molecule has 1 aromatic carbocycles. The average Bonchev–Trinajstić information content (AvgIpc) is 2.56. The van der Waals surface area contributed by atoms with Gasteiger partial charge in [-0.25, -0.2) is 9.59 Å². The first-order valence-electron chi connectivity index (χ1n) is 8.88. The summed E-state index contributed by atoms with van der Waals surface area (Å²) in [5, 5.41) is 5.27. The number of carbonyl (C=O) groups excluding carboxylic acids is 3. The summed E-state index contributed by atoms with van der Waals surface area (Å²) in [6.45, 7) is 10.4. The molecule has 0 unspecified atom stereocenters. The Bertz CT molecular complexity index is 675. The van der Waals surface area contributed by atoms with Gasteiger partial charge in [0, 0.05) is 5.56 Å². The van der Waals surface area contributed by atoms with Gasteiger partial charge in [0.2, 0.25) is 0 Å². The molecule has 2 N–H and O–H groups in total. The van der Waals surface area contributed by atoms with Crippen molar-refractivity contribution in [1.29, 1.82) is 0 Å². The molecule has 1 atom stereocenters. The van der Waals surface area contributed by atoms with Crippen LogP contribution in [0, 0.1) is 0 Å². The highest BCUT2D eigenvalue weighted by molar-refractivity contribution is 5.97. The summed E-state index contributed by atoms with van der Waals surface area (Å²) >= 11 is 0. The Morgan fingerprint density at radius 2 is 1.59 bits per heavy atom. The van der Waals surface area contributed by atoms with Gasteiger partial charge in [-0.2, -0.15) is 0 Å². The van der Waals surface area contributed by atoms with Crippen molar-refractivity contribution in [3.63, 3.8) is 0 Å². The molecule has 0 aliphatic carbocycles. The zero-order valence-electron chi connectivity index (χ0n) is 17.1. The fraction of sp³-hybridized carbons (Fsp3) is 0.550. The molecule has 0 saturated carbocycles. The van der Waals surface area contributed by atoms with E-state index in [9.17, 15) is 14.4 Å². The summed E-state index contributed by atoms with van der Waals surface area (Å²) in [5.74, 6) is -1.11. The van der Waals surface area contributed by atoms with Crippen LogP contribution in [-0.4, -0.2) is 42.3 Å². The second kappa shape index (κ2) is 8.88. The lowest BCUT2D eigenvalue weighted by Crippen LogP contribution is -2.62. The quantitative estimate of drug-likeness (QED) is 0.743. The predicted molar refractivity (Wildman–Crippen MR) is 103 cm³/mol. The number of hydrogen-bond acceptors (Lipinski definition) is 5. The summed E-state index contributed by atoms with van der Waals surface area (Å²) in [6, 6.07) is 5.99. The molecule has 0 saturated heterocycles. The molecule has 150 valence electrons. The Labute approximate surface area is 160 Å². The largest absolute Gasteiger partial charge is 0.467 e. The molecule has 0 heterocycles. The van der Waals surface area contributed by atoms with E-state index in [1.54, 1.807) is 46.8 Å². The summed E-state index contributed by atoms with van der Waals surface area (Å²) in [7, 11) is 1.22. The molecule has 2 amide bonds. The number of benzene rings is 1. The number of hydrogen-bond donors (Lipinski definition) is 2. The first-order chi connectivity index (χ1) is 12.4. The van der Waals surface area contributed by atoms with E-state index in [0.29, 0.717) is 5.56 Å². The van der Waals surface area contributed by atoms with Gasteiger partial charge in [0.1, 0.15) is 11.6 Å². The van der Waals surface area contributed by atoms with E-state index >= 15 is 0 Å². The van der Waals surface area contributed by atoms with Crippen LogP contribution in [0.1, 0.15) is 57.5 Å². The SMILES string of the molecule is CCc1ccc(C(=O)N[C@H](C(=O)OC)C(C)(C)NC(=O)OC(C)(C)C)cc1. The Balaban J connectivity index is 2.97. The lowest BCUT2D eigenvalue weighted by molar-refractivity contribution is -0.144. The normalized spacial score (nSPS) is 12.7. The molecule has 0 aliphatic heterocycles. The third-order valence-electron chi connectivity index (χ3n) is 3.88. The third-order valence-corrected chi connectivity index (χ3v) is 3.88. The highest BCUT2D eigenvalue weighted by Crippen LogP contribution is 2.15. The van der Waals surface area contributed by atoms with Crippen molar-refractivity contribution >= 4 is 18.0 Å². The minimum atomic E-state index is -1.14. The smallest absolute Gasteiger partial charge is 0.408 e. The maximum atomic E-state index is 12.6. The van der Waals surface area contributed by atoms with Crippen molar-refractivity contribution in [2.24, 2.45) is 0 Å². The number of methoxy groups -OCH3 is 1. The van der Waals surface area contributed by atoms with Crippen LogP contribution in [-0.2, 0) is 20.7 Å². The highest BCUT2D eigenvalue weighted by Gasteiger charge is 2.39. The summed E-state index contributed by atoms with van der Waals surface area (Å²) in [5.41, 5.74) is -0.322. The molecular weight excluding hydrogens is 348 g/mol. The fourth-order valence-corrected chi connectivity index (χ4v) is 2.40. The lowest BCUT2D eigenvalue weighted by Gasteiger charge is -2.34. The highest BCUT2D eigenvalue weighted by atomic mass is 16.6. The van der Waals surface area contributed by atoms with E-state index in [1.807, 2.05) is 19.1 Å². The van der Waals surface area contributed by atoms with Gasteiger partial charge in [0.25, 0.3) is 5.91 Å². The molecule has 7 heteroatoms. The van der Waals surface area contributed by atoms with Crippen molar-refractivity contribution in [3.8, 4) is 0 Å². The first-order valence-corrected chi connectivity index (χ1v) is 8.88. The minimum Gasteiger partial charge on any atom is -0.467 e. The number of carbonyl (C=O) groups is 3. The second-order valence-corrected chi connectivity index (χ2v) is 7.83. The summed E-state index contributed by atoms with van der Waals surface area (Å²) in [4.78, 5) is 37.0. The lowest BCUT2D eigenvalue weighted by atomic mass is 9.94. The van der Waals surface area contributed by atoms with Crippen molar-refractivity contribution in [2.45, 2.75) is 65.1 Å². The second-order valence-electron chi connectivity index (χ2n) is 7.83. The number of ether oxygens (including phenoxy) is 2. The molecule has 0 aromatic heterocycles. The van der Waals surface area contributed by atoms with Crippen molar-refractivity contribution in [3.05, 3.63) is 35.4 Å². The maximum Gasteiger partial charge on any atom is 0.408 e. The van der Waals surface area contributed by atoms with E-state index in [0.717, 1.165) is 12.0 Å². The molecule has 7 nitrogen and oxygen atoms in total. The van der Waals surface area contributed by atoms with E-state index in [2.05, 4.69) is 10.6 Å². The van der Waals surface area contributed by atoms with Gasteiger partial charge in [0.05, 0.1) is 12.6 Å². The van der Waals surface area contributed by atoms with Crippen molar-refractivity contribution in [1.82, 2.24) is 10.6 Å². The van der Waals surface area contributed by atoms with Crippen LogP contribution in [0.2, 0.25) is 0 Å². The molecule has 0 aliphatic rings. The Hall–Kier alpha value is -2.57. The van der Waals surface area contributed by atoms with Gasteiger partial charge >= 0.3 is 12.1 Å². The summed E-state index contributed by atoms with van der Waals surface area (Å²) < 4.78 is 10.0. The van der Waals surface area contributed by atoms with E-state index in [1.165, 1.54) is 7.11 Å². The topological polar surface area (TPSA) is 93.7 Å². The van der Waals surface area contributed by atoms with Gasteiger partial charge in [-0.05, 0) is 58.7 Å². The minimum absolute atomic E-state index is 0.411. The number of alkyl carbamates (subject to hydrolysis) is 1. The fourth-order valence-electron chi connectivity index (χ4n) is 2.40.